The zero-order valence-corrected chi connectivity index (χ0v) is 22.3. The summed E-state index contributed by atoms with van der Waals surface area (Å²) in [6.07, 6.45) is 0. The lowest BCUT2D eigenvalue weighted by Crippen LogP contribution is -2.07. The van der Waals surface area contributed by atoms with Gasteiger partial charge in [-0.3, -0.25) is 0 Å². The van der Waals surface area contributed by atoms with Crippen molar-refractivity contribution in [2.75, 3.05) is 0 Å². The molecule has 0 fully saturated rings. The SMILES string of the molecule is c1ccc(-c2nc(C3c4ccccc4-c4c3c3ccccc3c3sc5ccccc5c43)nc3ccccc23)cc1. The number of benzene rings is 6. The van der Waals surface area contributed by atoms with Crippen molar-refractivity contribution in [2.45, 2.75) is 5.92 Å². The Morgan fingerprint density at radius 2 is 1.23 bits per heavy atom. The molecule has 1 aliphatic rings. The summed E-state index contributed by atoms with van der Waals surface area (Å²) in [5, 5.41) is 6.35. The monoisotopic (exact) mass is 526 g/mol. The summed E-state index contributed by atoms with van der Waals surface area (Å²) in [4.78, 5) is 10.6. The Bertz CT molecular complexity index is 2280. The van der Waals surface area contributed by atoms with Gasteiger partial charge in [-0.25, -0.2) is 9.97 Å². The van der Waals surface area contributed by atoms with Crippen molar-refractivity contribution in [3.05, 3.63) is 144 Å². The first-order chi connectivity index (χ1) is 19.9. The van der Waals surface area contributed by atoms with Gasteiger partial charge in [-0.1, -0.05) is 115 Å². The molecule has 0 amide bonds. The molecule has 2 heterocycles. The van der Waals surface area contributed by atoms with Crippen LogP contribution in [0.4, 0.5) is 0 Å². The number of para-hydroxylation sites is 1. The van der Waals surface area contributed by atoms with Crippen LogP contribution in [-0.2, 0) is 0 Å². The summed E-state index contributed by atoms with van der Waals surface area (Å²) in [5.41, 5.74) is 8.30. The third kappa shape index (κ3) is 2.98. The summed E-state index contributed by atoms with van der Waals surface area (Å²) in [7, 11) is 0. The molecule has 9 rings (SSSR count). The van der Waals surface area contributed by atoms with E-state index in [4.69, 9.17) is 9.97 Å². The normalized spacial score (nSPS) is 14.2. The molecule has 8 aromatic rings. The smallest absolute Gasteiger partial charge is 0.141 e. The molecule has 0 saturated heterocycles. The summed E-state index contributed by atoms with van der Waals surface area (Å²) in [6, 6.07) is 45.5. The van der Waals surface area contributed by atoms with E-state index in [0.717, 1.165) is 28.0 Å². The van der Waals surface area contributed by atoms with E-state index in [1.165, 1.54) is 53.2 Å². The summed E-state index contributed by atoms with van der Waals surface area (Å²) >= 11 is 1.90. The molecule has 0 N–H and O–H groups in total. The fraction of sp³-hybridized carbons (Fsp3) is 0.0270. The predicted octanol–water partition coefficient (Wildman–Crippen LogP) is 9.98. The number of hydrogen-bond acceptors (Lipinski definition) is 3. The zero-order chi connectivity index (χ0) is 26.2. The lowest BCUT2D eigenvalue weighted by molar-refractivity contribution is 0.897. The summed E-state index contributed by atoms with van der Waals surface area (Å²) in [5.74, 6) is 0.791. The predicted molar refractivity (Wildman–Crippen MR) is 168 cm³/mol. The topological polar surface area (TPSA) is 25.8 Å². The average Bonchev–Trinajstić information content (AvgIpc) is 3.58. The van der Waals surface area contributed by atoms with Crippen LogP contribution in [-0.4, -0.2) is 9.97 Å². The molecule has 0 radical (unpaired) electrons. The first kappa shape index (κ1) is 22.0. The molecule has 0 spiro atoms. The molecule has 0 bridgehead atoms. The van der Waals surface area contributed by atoms with Crippen LogP contribution in [0.15, 0.2) is 127 Å². The molecule has 0 saturated carbocycles. The van der Waals surface area contributed by atoms with Gasteiger partial charge in [0.25, 0.3) is 0 Å². The van der Waals surface area contributed by atoms with E-state index >= 15 is 0 Å². The number of thiophene rings is 1. The second-order valence-corrected chi connectivity index (χ2v) is 11.5. The third-order valence-corrected chi connectivity index (χ3v) is 9.54. The first-order valence-electron chi connectivity index (χ1n) is 13.6. The first-order valence-corrected chi connectivity index (χ1v) is 14.5. The minimum atomic E-state index is -0.0637. The van der Waals surface area contributed by atoms with Crippen LogP contribution in [0.25, 0.3) is 64.2 Å². The van der Waals surface area contributed by atoms with Crippen molar-refractivity contribution in [3.8, 4) is 22.4 Å². The van der Waals surface area contributed by atoms with Crippen LogP contribution in [0.2, 0.25) is 0 Å². The van der Waals surface area contributed by atoms with Crippen LogP contribution < -0.4 is 0 Å². The Balaban J connectivity index is 1.45. The molecule has 186 valence electrons. The minimum Gasteiger partial charge on any atom is -0.232 e. The molecular formula is C37H22N2S. The van der Waals surface area contributed by atoms with Crippen LogP contribution in [0.1, 0.15) is 22.9 Å². The van der Waals surface area contributed by atoms with E-state index in [9.17, 15) is 0 Å². The van der Waals surface area contributed by atoms with Crippen molar-refractivity contribution in [3.63, 3.8) is 0 Å². The molecule has 3 heteroatoms. The number of hydrogen-bond donors (Lipinski definition) is 0. The van der Waals surface area contributed by atoms with Crippen molar-refractivity contribution in [2.24, 2.45) is 0 Å². The van der Waals surface area contributed by atoms with Crippen molar-refractivity contribution < 1.29 is 0 Å². The highest BCUT2D eigenvalue weighted by Gasteiger charge is 2.36. The third-order valence-electron chi connectivity index (χ3n) is 8.33. The van der Waals surface area contributed by atoms with Gasteiger partial charge in [0, 0.05) is 31.1 Å². The standard InChI is InChI=1S/C37H22N2S/c1-2-12-22(13-3-1)35-27-18-8-10-20-29(27)38-37(39-35)34-24-15-5-4-14-23(24)31-32(34)25-16-6-7-17-26(25)36-33(31)28-19-9-11-21-30(28)40-36/h1-21,34H. The number of rotatable bonds is 2. The largest absolute Gasteiger partial charge is 0.232 e. The molecule has 2 nitrogen and oxygen atoms in total. The van der Waals surface area contributed by atoms with Gasteiger partial charge in [0.05, 0.1) is 17.1 Å². The summed E-state index contributed by atoms with van der Waals surface area (Å²) in [6.45, 7) is 0. The second kappa shape index (κ2) is 8.32. The Hall–Kier alpha value is -4.86. The molecule has 40 heavy (non-hydrogen) atoms. The Morgan fingerprint density at radius 1 is 0.550 bits per heavy atom. The highest BCUT2D eigenvalue weighted by molar-refractivity contribution is 7.26. The average molecular weight is 527 g/mol. The number of aromatic nitrogens is 2. The van der Waals surface area contributed by atoms with Gasteiger partial charge in [-0.2, -0.15) is 0 Å². The lowest BCUT2D eigenvalue weighted by Gasteiger charge is -2.18. The van der Waals surface area contributed by atoms with Gasteiger partial charge in [-0.15, -0.1) is 11.3 Å². The maximum Gasteiger partial charge on any atom is 0.141 e. The molecule has 2 aromatic heterocycles. The minimum absolute atomic E-state index is 0.0637. The lowest BCUT2D eigenvalue weighted by atomic mass is 9.89. The summed E-state index contributed by atoms with van der Waals surface area (Å²) < 4.78 is 2.68. The molecule has 0 aliphatic heterocycles. The van der Waals surface area contributed by atoms with E-state index in [0.29, 0.717) is 0 Å². The van der Waals surface area contributed by atoms with E-state index < -0.39 is 0 Å². The Labute approximate surface area is 235 Å². The van der Waals surface area contributed by atoms with Gasteiger partial charge in [0.2, 0.25) is 0 Å². The fourth-order valence-corrected chi connectivity index (χ4v) is 7.94. The van der Waals surface area contributed by atoms with Gasteiger partial charge in [0.15, 0.2) is 0 Å². The highest BCUT2D eigenvalue weighted by atomic mass is 32.1. The highest BCUT2D eigenvalue weighted by Crippen LogP contribution is 2.56. The number of fused-ring (bicyclic) bond motifs is 11. The van der Waals surface area contributed by atoms with Gasteiger partial charge in [0.1, 0.15) is 5.82 Å². The second-order valence-electron chi connectivity index (χ2n) is 10.5. The Morgan fingerprint density at radius 3 is 2.10 bits per heavy atom. The van der Waals surface area contributed by atoms with Crippen LogP contribution in [0.5, 0.6) is 0 Å². The fourth-order valence-electron chi connectivity index (χ4n) is 6.69. The van der Waals surface area contributed by atoms with Crippen LogP contribution in [0, 0.1) is 0 Å². The number of nitrogens with zero attached hydrogens (tertiary/aromatic N) is 2. The van der Waals surface area contributed by atoms with Crippen LogP contribution in [0.3, 0.4) is 0 Å². The molecule has 1 atom stereocenters. The van der Waals surface area contributed by atoms with E-state index in [-0.39, 0.29) is 5.92 Å². The van der Waals surface area contributed by atoms with Gasteiger partial charge >= 0.3 is 0 Å². The molecule has 6 aromatic carbocycles. The van der Waals surface area contributed by atoms with E-state index in [2.05, 4.69) is 127 Å². The van der Waals surface area contributed by atoms with Gasteiger partial charge < -0.3 is 0 Å². The van der Waals surface area contributed by atoms with E-state index in [1.54, 1.807) is 0 Å². The Kier molecular flexibility index (Phi) is 4.58. The maximum absolute atomic E-state index is 5.38. The van der Waals surface area contributed by atoms with Crippen molar-refractivity contribution in [1.29, 1.82) is 0 Å². The molecular weight excluding hydrogens is 504 g/mol. The quantitative estimate of drug-likeness (QED) is 0.224. The van der Waals surface area contributed by atoms with E-state index in [1.807, 2.05) is 11.3 Å². The maximum atomic E-state index is 5.38. The molecule has 1 unspecified atom stereocenters. The zero-order valence-electron chi connectivity index (χ0n) is 21.5. The van der Waals surface area contributed by atoms with Crippen molar-refractivity contribution >= 4 is 53.2 Å². The van der Waals surface area contributed by atoms with Gasteiger partial charge in [-0.05, 0) is 45.2 Å². The van der Waals surface area contributed by atoms with Crippen LogP contribution >= 0.6 is 11.3 Å². The van der Waals surface area contributed by atoms with Crippen molar-refractivity contribution in [1.82, 2.24) is 9.97 Å². The molecule has 1 aliphatic carbocycles.